The van der Waals surface area contributed by atoms with Crippen molar-refractivity contribution in [3.05, 3.63) is 0 Å². The zero-order valence-electron chi connectivity index (χ0n) is 11.2. The molecule has 0 heterocycles. The van der Waals surface area contributed by atoms with Gasteiger partial charge in [-0.25, -0.2) is 0 Å². The van der Waals surface area contributed by atoms with Gasteiger partial charge in [-0.2, -0.15) is 0 Å². The van der Waals surface area contributed by atoms with Crippen molar-refractivity contribution in [2.45, 2.75) is 65.2 Å². The number of rotatable bonds is 9. The zero-order chi connectivity index (χ0) is 11.4. The van der Waals surface area contributed by atoms with Crippen LogP contribution in [-0.2, 0) is 0 Å². The molecule has 16 heavy (non-hydrogen) atoms. The van der Waals surface area contributed by atoms with Gasteiger partial charge in [-0.05, 0) is 55.9 Å². The third kappa shape index (κ3) is 3.23. The van der Waals surface area contributed by atoms with E-state index in [1.165, 1.54) is 64.5 Å². The molecular formula is C15H29N. The van der Waals surface area contributed by atoms with Gasteiger partial charge < -0.3 is 5.32 Å². The molecule has 1 unspecified atom stereocenters. The Labute approximate surface area is 101 Å². The van der Waals surface area contributed by atoms with Gasteiger partial charge in [0.25, 0.3) is 0 Å². The van der Waals surface area contributed by atoms with Crippen molar-refractivity contribution in [3.8, 4) is 0 Å². The van der Waals surface area contributed by atoms with Crippen molar-refractivity contribution in [1.29, 1.82) is 0 Å². The fraction of sp³-hybridized carbons (Fsp3) is 1.00. The van der Waals surface area contributed by atoms with Crippen LogP contribution in [0, 0.1) is 17.3 Å². The Morgan fingerprint density at radius 2 is 2.00 bits per heavy atom. The van der Waals surface area contributed by atoms with Crippen LogP contribution in [0.25, 0.3) is 0 Å². The van der Waals surface area contributed by atoms with Crippen LogP contribution < -0.4 is 5.32 Å². The lowest BCUT2D eigenvalue weighted by Crippen LogP contribution is -2.30. The second kappa shape index (κ2) is 5.53. The van der Waals surface area contributed by atoms with E-state index >= 15 is 0 Å². The summed E-state index contributed by atoms with van der Waals surface area (Å²) in [7, 11) is 0. The minimum absolute atomic E-state index is 0.781. The predicted octanol–water partition coefficient (Wildman–Crippen LogP) is 3.98. The summed E-state index contributed by atoms with van der Waals surface area (Å²) in [6.07, 6.45) is 11.6. The van der Waals surface area contributed by atoms with Gasteiger partial charge in [0.2, 0.25) is 0 Å². The highest BCUT2D eigenvalue weighted by Gasteiger charge is 2.53. The van der Waals surface area contributed by atoms with Gasteiger partial charge in [0, 0.05) is 6.54 Å². The van der Waals surface area contributed by atoms with Crippen LogP contribution in [0.15, 0.2) is 0 Å². The summed E-state index contributed by atoms with van der Waals surface area (Å²) in [5.41, 5.74) is 0.781. The fourth-order valence-corrected chi connectivity index (χ4v) is 3.05. The van der Waals surface area contributed by atoms with E-state index < -0.39 is 0 Å². The van der Waals surface area contributed by atoms with Gasteiger partial charge in [-0.15, -0.1) is 0 Å². The molecular weight excluding hydrogens is 194 g/mol. The van der Waals surface area contributed by atoms with Crippen LogP contribution in [0.1, 0.15) is 65.2 Å². The SMILES string of the molecule is CCCCC(CC)CNCC1(C2CC2)CC1. The molecule has 2 fully saturated rings. The maximum atomic E-state index is 3.77. The standard InChI is InChI=1S/C15H29N/c1-3-5-6-13(4-2)11-16-12-15(9-10-15)14-7-8-14/h13-14,16H,3-12H2,1-2H3. The number of hydrogen-bond donors (Lipinski definition) is 1. The van der Waals surface area contributed by atoms with Crippen molar-refractivity contribution >= 4 is 0 Å². The van der Waals surface area contributed by atoms with E-state index in [0.717, 1.165) is 17.3 Å². The topological polar surface area (TPSA) is 12.0 Å². The molecule has 1 atom stereocenters. The second-order valence-corrected chi connectivity index (χ2v) is 6.18. The lowest BCUT2D eigenvalue weighted by Gasteiger charge is -2.19. The minimum Gasteiger partial charge on any atom is -0.316 e. The molecule has 0 aromatic carbocycles. The van der Waals surface area contributed by atoms with Crippen molar-refractivity contribution in [2.24, 2.45) is 17.3 Å². The van der Waals surface area contributed by atoms with Gasteiger partial charge in [-0.1, -0.05) is 33.1 Å². The first kappa shape index (κ1) is 12.4. The molecule has 2 aliphatic carbocycles. The molecule has 2 aliphatic rings. The Morgan fingerprint density at radius 3 is 2.50 bits per heavy atom. The molecule has 1 heteroatoms. The summed E-state index contributed by atoms with van der Waals surface area (Å²) in [6.45, 7) is 7.23. The third-order valence-corrected chi connectivity index (χ3v) is 4.79. The summed E-state index contributed by atoms with van der Waals surface area (Å²) < 4.78 is 0. The highest BCUT2D eigenvalue weighted by atomic mass is 14.9. The van der Waals surface area contributed by atoms with E-state index in [1.54, 1.807) is 0 Å². The second-order valence-electron chi connectivity index (χ2n) is 6.18. The normalized spacial score (nSPS) is 24.4. The molecule has 0 aliphatic heterocycles. The quantitative estimate of drug-likeness (QED) is 0.623. The Bertz CT molecular complexity index is 203. The van der Waals surface area contributed by atoms with Crippen LogP contribution in [-0.4, -0.2) is 13.1 Å². The molecule has 0 amide bonds. The van der Waals surface area contributed by atoms with Crippen LogP contribution in [0.5, 0.6) is 0 Å². The molecule has 0 radical (unpaired) electrons. The first-order valence-corrected chi connectivity index (χ1v) is 7.51. The van der Waals surface area contributed by atoms with E-state index in [4.69, 9.17) is 0 Å². The van der Waals surface area contributed by atoms with Crippen LogP contribution in [0.4, 0.5) is 0 Å². The molecule has 0 saturated heterocycles. The molecule has 0 bridgehead atoms. The third-order valence-electron chi connectivity index (χ3n) is 4.79. The Kier molecular flexibility index (Phi) is 4.29. The largest absolute Gasteiger partial charge is 0.316 e. The van der Waals surface area contributed by atoms with Gasteiger partial charge in [0.15, 0.2) is 0 Å². The average molecular weight is 223 g/mol. The summed E-state index contributed by atoms with van der Waals surface area (Å²) in [6, 6.07) is 0. The molecule has 1 nitrogen and oxygen atoms in total. The fourth-order valence-electron chi connectivity index (χ4n) is 3.05. The Balaban J connectivity index is 1.58. The average Bonchev–Trinajstić information content (AvgIpc) is 3.15. The molecule has 2 saturated carbocycles. The van der Waals surface area contributed by atoms with E-state index in [9.17, 15) is 0 Å². The van der Waals surface area contributed by atoms with E-state index in [1.807, 2.05) is 0 Å². The van der Waals surface area contributed by atoms with E-state index in [0.29, 0.717) is 0 Å². The van der Waals surface area contributed by atoms with Crippen LogP contribution >= 0.6 is 0 Å². The highest BCUT2D eigenvalue weighted by Crippen LogP contribution is 2.60. The van der Waals surface area contributed by atoms with Crippen molar-refractivity contribution in [2.75, 3.05) is 13.1 Å². The minimum atomic E-state index is 0.781. The summed E-state index contributed by atoms with van der Waals surface area (Å²) >= 11 is 0. The number of nitrogens with one attached hydrogen (secondary N) is 1. The molecule has 94 valence electrons. The number of hydrogen-bond acceptors (Lipinski definition) is 1. The molecule has 0 aromatic heterocycles. The number of unbranched alkanes of at least 4 members (excludes halogenated alkanes) is 1. The Hall–Kier alpha value is -0.0400. The lowest BCUT2D eigenvalue weighted by atomic mass is 9.97. The van der Waals surface area contributed by atoms with Gasteiger partial charge >= 0.3 is 0 Å². The van der Waals surface area contributed by atoms with Crippen LogP contribution in [0.3, 0.4) is 0 Å². The van der Waals surface area contributed by atoms with Gasteiger partial charge in [-0.3, -0.25) is 0 Å². The zero-order valence-corrected chi connectivity index (χ0v) is 11.2. The smallest absolute Gasteiger partial charge is 0.00106 e. The van der Waals surface area contributed by atoms with E-state index in [2.05, 4.69) is 19.2 Å². The summed E-state index contributed by atoms with van der Waals surface area (Å²) in [5, 5.41) is 3.77. The van der Waals surface area contributed by atoms with Crippen LogP contribution in [0.2, 0.25) is 0 Å². The van der Waals surface area contributed by atoms with Crippen molar-refractivity contribution in [3.63, 3.8) is 0 Å². The lowest BCUT2D eigenvalue weighted by molar-refractivity contribution is 0.360. The van der Waals surface area contributed by atoms with Gasteiger partial charge in [0.05, 0.1) is 0 Å². The Morgan fingerprint density at radius 1 is 1.25 bits per heavy atom. The van der Waals surface area contributed by atoms with E-state index in [-0.39, 0.29) is 0 Å². The predicted molar refractivity (Wildman–Crippen MR) is 70.6 cm³/mol. The van der Waals surface area contributed by atoms with Gasteiger partial charge in [0.1, 0.15) is 0 Å². The monoisotopic (exact) mass is 223 g/mol. The molecule has 1 N–H and O–H groups in total. The highest BCUT2D eigenvalue weighted by molar-refractivity contribution is 5.05. The molecule has 2 rings (SSSR count). The van der Waals surface area contributed by atoms with Crippen molar-refractivity contribution < 1.29 is 0 Å². The van der Waals surface area contributed by atoms with Crippen molar-refractivity contribution in [1.82, 2.24) is 5.32 Å². The molecule has 0 aromatic rings. The summed E-state index contributed by atoms with van der Waals surface area (Å²) in [5.74, 6) is 2.03. The maximum Gasteiger partial charge on any atom is 0.00106 e. The first-order chi connectivity index (χ1) is 7.80. The molecule has 0 spiro atoms. The maximum absolute atomic E-state index is 3.77. The first-order valence-electron chi connectivity index (χ1n) is 7.51. The summed E-state index contributed by atoms with van der Waals surface area (Å²) in [4.78, 5) is 0.